The van der Waals surface area contributed by atoms with E-state index >= 15 is 0 Å². The first-order chi connectivity index (χ1) is 9.81. The number of guanidine groups is 1. The van der Waals surface area contributed by atoms with Gasteiger partial charge in [-0.3, -0.25) is 4.99 Å². The molecule has 2 N–H and O–H groups in total. The topological polar surface area (TPSA) is 36.4 Å². The maximum Gasteiger partial charge on any atom is 0.390 e. The summed E-state index contributed by atoms with van der Waals surface area (Å²) in [6.07, 6.45) is -5.03. The Morgan fingerprint density at radius 2 is 2.00 bits per heavy atom. The van der Waals surface area contributed by atoms with Crippen LogP contribution in [-0.2, 0) is 0 Å². The molecule has 0 saturated heterocycles. The van der Waals surface area contributed by atoms with Gasteiger partial charge < -0.3 is 10.6 Å². The Morgan fingerprint density at radius 3 is 2.57 bits per heavy atom. The molecule has 0 aliphatic carbocycles. The Kier molecular flexibility index (Phi) is 6.52. The molecule has 21 heavy (non-hydrogen) atoms. The number of aryl methyl sites for hydroxylation is 1. The lowest BCUT2D eigenvalue weighted by molar-refractivity contribution is -0.132. The highest BCUT2D eigenvalue weighted by molar-refractivity contribution is 5.79. The molecule has 0 saturated carbocycles. The fourth-order valence-electron chi connectivity index (χ4n) is 1.89. The van der Waals surface area contributed by atoms with Gasteiger partial charge in [0.2, 0.25) is 0 Å². The molecule has 1 aromatic carbocycles. The number of hydrogen-bond acceptors (Lipinski definition) is 1. The monoisotopic (exact) mass is 301 g/mol. The number of alkyl halides is 3. The second-order valence-electron chi connectivity index (χ2n) is 5.06. The summed E-state index contributed by atoms with van der Waals surface area (Å²) in [6, 6.07) is 8.17. The third kappa shape index (κ3) is 7.02. The minimum atomic E-state index is -4.15. The number of aliphatic imine (C=N–C) groups is 1. The fourth-order valence-corrected chi connectivity index (χ4v) is 1.89. The van der Waals surface area contributed by atoms with Crippen molar-refractivity contribution < 1.29 is 13.2 Å². The standard InChI is InChI=1S/C15H22F3N3/c1-11-5-4-6-13(9-11)12(2)10-21-14(19-3)20-8-7-15(16,17)18/h4-6,9,12H,7-8,10H2,1-3H3,(H2,19,20,21). The predicted molar refractivity (Wildman–Crippen MR) is 79.6 cm³/mol. The van der Waals surface area contributed by atoms with Crippen molar-refractivity contribution in [3.8, 4) is 0 Å². The van der Waals surface area contributed by atoms with Gasteiger partial charge in [-0.05, 0) is 18.4 Å². The van der Waals surface area contributed by atoms with Gasteiger partial charge in [-0.15, -0.1) is 0 Å². The number of rotatable bonds is 5. The molecule has 0 aromatic heterocycles. The van der Waals surface area contributed by atoms with Gasteiger partial charge in [-0.25, -0.2) is 0 Å². The van der Waals surface area contributed by atoms with Crippen LogP contribution in [-0.4, -0.2) is 32.3 Å². The van der Waals surface area contributed by atoms with E-state index in [2.05, 4.69) is 28.6 Å². The first-order valence-electron chi connectivity index (χ1n) is 6.89. The Labute approximate surface area is 123 Å². The molecule has 0 amide bonds. The van der Waals surface area contributed by atoms with Crippen molar-refractivity contribution in [2.75, 3.05) is 20.1 Å². The van der Waals surface area contributed by atoms with Gasteiger partial charge in [-0.1, -0.05) is 36.8 Å². The quantitative estimate of drug-likeness (QED) is 0.647. The highest BCUT2D eigenvalue weighted by atomic mass is 19.4. The van der Waals surface area contributed by atoms with E-state index in [-0.39, 0.29) is 12.5 Å². The summed E-state index contributed by atoms with van der Waals surface area (Å²) >= 11 is 0. The van der Waals surface area contributed by atoms with Crippen molar-refractivity contribution in [3.05, 3.63) is 35.4 Å². The van der Waals surface area contributed by atoms with E-state index in [9.17, 15) is 13.2 Å². The smallest absolute Gasteiger partial charge is 0.356 e. The summed E-state index contributed by atoms with van der Waals surface area (Å²) in [5.74, 6) is 0.629. The van der Waals surface area contributed by atoms with Crippen LogP contribution < -0.4 is 10.6 Å². The molecule has 118 valence electrons. The SMILES string of the molecule is CN=C(NCCC(F)(F)F)NCC(C)c1cccc(C)c1. The lowest BCUT2D eigenvalue weighted by Gasteiger charge is -2.17. The molecule has 0 aliphatic heterocycles. The number of halogens is 3. The predicted octanol–water partition coefficient (Wildman–Crippen LogP) is 3.22. The molecular weight excluding hydrogens is 279 g/mol. The van der Waals surface area contributed by atoms with Crippen molar-refractivity contribution >= 4 is 5.96 Å². The van der Waals surface area contributed by atoms with Gasteiger partial charge >= 0.3 is 6.18 Å². The van der Waals surface area contributed by atoms with Gasteiger partial charge in [0.1, 0.15) is 0 Å². The molecule has 1 aromatic rings. The number of benzene rings is 1. The van der Waals surface area contributed by atoms with Gasteiger partial charge in [0.25, 0.3) is 0 Å². The Hall–Kier alpha value is -1.72. The normalized spacial score (nSPS) is 13.9. The number of nitrogens with zero attached hydrogens (tertiary/aromatic N) is 1. The zero-order chi connectivity index (χ0) is 15.9. The molecule has 0 fully saturated rings. The van der Waals surface area contributed by atoms with E-state index < -0.39 is 12.6 Å². The van der Waals surface area contributed by atoms with Crippen LogP contribution in [0.3, 0.4) is 0 Å². The van der Waals surface area contributed by atoms with E-state index in [0.29, 0.717) is 12.5 Å². The van der Waals surface area contributed by atoms with E-state index in [1.54, 1.807) is 7.05 Å². The molecule has 0 heterocycles. The average molecular weight is 301 g/mol. The van der Waals surface area contributed by atoms with E-state index in [0.717, 1.165) is 0 Å². The Balaban J connectivity index is 2.41. The summed E-state index contributed by atoms with van der Waals surface area (Å²) in [5, 5.41) is 5.71. The fraction of sp³-hybridized carbons (Fsp3) is 0.533. The summed E-state index contributed by atoms with van der Waals surface area (Å²) in [4.78, 5) is 3.92. The van der Waals surface area contributed by atoms with Crippen molar-refractivity contribution in [2.45, 2.75) is 32.4 Å². The van der Waals surface area contributed by atoms with Crippen LogP contribution in [0.2, 0.25) is 0 Å². The maximum atomic E-state index is 12.1. The summed E-state index contributed by atoms with van der Waals surface area (Å²) in [7, 11) is 1.54. The third-order valence-corrected chi connectivity index (χ3v) is 3.11. The van der Waals surface area contributed by atoms with Crippen LogP contribution >= 0.6 is 0 Å². The van der Waals surface area contributed by atoms with E-state index in [1.165, 1.54) is 11.1 Å². The zero-order valence-corrected chi connectivity index (χ0v) is 12.6. The summed E-state index contributed by atoms with van der Waals surface area (Å²) in [6.45, 7) is 4.52. The Bertz CT molecular complexity index is 469. The number of hydrogen-bond donors (Lipinski definition) is 2. The van der Waals surface area contributed by atoms with Crippen LogP contribution in [0.15, 0.2) is 29.3 Å². The lowest BCUT2D eigenvalue weighted by Crippen LogP contribution is -2.40. The van der Waals surface area contributed by atoms with E-state index in [4.69, 9.17) is 0 Å². The van der Waals surface area contributed by atoms with Crippen LogP contribution in [0.25, 0.3) is 0 Å². The van der Waals surface area contributed by atoms with Gasteiger partial charge in [-0.2, -0.15) is 13.2 Å². The molecule has 0 radical (unpaired) electrons. The van der Waals surface area contributed by atoms with Crippen LogP contribution in [0.5, 0.6) is 0 Å². The first kappa shape index (κ1) is 17.3. The molecule has 0 bridgehead atoms. The van der Waals surface area contributed by atoms with Crippen LogP contribution in [0.4, 0.5) is 13.2 Å². The molecule has 1 unspecified atom stereocenters. The first-order valence-corrected chi connectivity index (χ1v) is 6.89. The van der Waals surface area contributed by atoms with Crippen molar-refractivity contribution in [1.82, 2.24) is 10.6 Å². The zero-order valence-electron chi connectivity index (χ0n) is 12.6. The molecule has 6 heteroatoms. The summed E-state index contributed by atoms with van der Waals surface area (Å²) < 4.78 is 36.2. The van der Waals surface area contributed by atoms with Crippen molar-refractivity contribution in [1.29, 1.82) is 0 Å². The lowest BCUT2D eigenvalue weighted by atomic mass is 9.99. The maximum absolute atomic E-state index is 12.1. The molecule has 0 spiro atoms. The minimum Gasteiger partial charge on any atom is -0.356 e. The second kappa shape index (κ2) is 7.90. The highest BCUT2D eigenvalue weighted by Gasteiger charge is 2.26. The van der Waals surface area contributed by atoms with Crippen molar-refractivity contribution in [2.24, 2.45) is 4.99 Å². The van der Waals surface area contributed by atoms with E-state index in [1.807, 2.05) is 25.1 Å². The molecule has 1 atom stereocenters. The van der Waals surface area contributed by atoms with Crippen molar-refractivity contribution in [3.63, 3.8) is 0 Å². The summed E-state index contributed by atoms with van der Waals surface area (Å²) in [5.41, 5.74) is 2.38. The number of nitrogens with one attached hydrogen (secondary N) is 2. The molecule has 1 rings (SSSR count). The second-order valence-corrected chi connectivity index (χ2v) is 5.06. The minimum absolute atomic E-state index is 0.179. The van der Waals surface area contributed by atoms with Crippen LogP contribution in [0, 0.1) is 6.92 Å². The molecular formula is C15H22F3N3. The third-order valence-electron chi connectivity index (χ3n) is 3.11. The highest BCUT2D eigenvalue weighted by Crippen LogP contribution is 2.18. The van der Waals surface area contributed by atoms with Gasteiger partial charge in [0.05, 0.1) is 6.42 Å². The average Bonchev–Trinajstić information content (AvgIpc) is 2.41. The largest absolute Gasteiger partial charge is 0.390 e. The molecule has 3 nitrogen and oxygen atoms in total. The van der Waals surface area contributed by atoms with Crippen LogP contribution in [0.1, 0.15) is 30.4 Å². The Morgan fingerprint density at radius 1 is 1.29 bits per heavy atom. The molecule has 0 aliphatic rings. The van der Waals surface area contributed by atoms with Gasteiger partial charge in [0.15, 0.2) is 5.96 Å². The van der Waals surface area contributed by atoms with Gasteiger partial charge in [0, 0.05) is 20.1 Å².